The number of aromatic nitrogens is 4. The van der Waals surface area contributed by atoms with E-state index < -0.39 is 0 Å². The van der Waals surface area contributed by atoms with Gasteiger partial charge in [-0.2, -0.15) is 5.10 Å². The lowest BCUT2D eigenvalue weighted by molar-refractivity contribution is 0.0268. The minimum absolute atomic E-state index is 0.0629. The van der Waals surface area contributed by atoms with Crippen LogP contribution in [0.25, 0.3) is 5.65 Å². The van der Waals surface area contributed by atoms with Gasteiger partial charge in [0.05, 0.1) is 18.2 Å². The molecular weight excluding hydrogens is 400 g/mol. The summed E-state index contributed by atoms with van der Waals surface area (Å²) < 4.78 is 14.1. The molecule has 0 spiro atoms. The molecule has 1 saturated heterocycles. The predicted octanol–water partition coefficient (Wildman–Crippen LogP) is 1.21. The van der Waals surface area contributed by atoms with Gasteiger partial charge in [0.1, 0.15) is 6.61 Å². The highest BCUT2D eigenvalue weighted by Gasteiger charge is 2.27. The molecule has 5 heterocycles. The number of amides is 1. The number of nitrogens with zero attached hydrogens (tertiary/aromatic N) is 6. The summed E-state index contributed by atoms with van der Waals surface area (Å²) in [5.74, 6) is 1.14. The topological polar surface area (TPSA) is 94.2 Å². The van der Waals surface area contributed by atoms with E-state index in [-0.39, 0.29) is 17.7 Å². The van der Waals surface area contributed by atoms with E-state index >= 15 is 0 Å². The Morgan fingerprint density at radius 3 is 3.00 bits per heavy atom. The third-order valence-corrected chi connectivity index (χ3v) is 5.87. The van der Waals surface area contributed by atoms with Gasteiger partial charge in [-0.3, -0.25) is 9.20 Å². The Labute approximate surface area is 178 Å². The molecule has 10 nitrogen and oxygen atoms in total. The standard InChI is InChI=1S/C21H24N6O4/c1-24-21(29)27-7-5-15(11-18(27)23-24)26-8-9-31-17-10-14(12-22-19(17)26)20(28)25-6-3-4-16(13-25)30-2/h5,7,10-12,16H,3-4,6,8-9,13H2,1-2H3/t16-/m1/s1. The Morgan fingerprint density at radius 2 is 2.16 bits per heavy atom. The summed E-state index contributed by atoms with van der Waals surface area (Å²) in [7, 11) is 3.30. The number of fused-ring (bicyclic) bond motifs is 2. The van der Waals surface area contributed by atoms with E-state index in [0.717, 1.165) is 18.5 Å². The van der Waals surface area contributed by atoms with Crippen molar-refractivity contribution in [3.63, 3.8) is 0 Å². The summed E-state index contributed by atoms with van der Waals surface area (Å²) in [4.78, 5) is 33.4. The molecule has 0 N–H and O–H groups in total. The van der Waals surface area contributed by atoms with E-state index in [1.54, 1.807) is 32.6 Å². The van der Waals surface area contributed by atoms with E-state index in [4.69, 9.17) is 9.47 Å². The third kappa shape index (κ3) is 3.42. The zero-order valence-corrected chi connectivity index (χ0v) is 17.5. The number of ether oxygens (including phenoxy) is 2. The SMILES string of the molecule is CO[C@@H]1CCCN(C(=O)c2cnc3c(c2)OCCN3c2ccn3c(=O)n(C)nc3c2)C1. The predicted molar refractivity (Wildman–Crippen MR) is 113 cm³/mol. The van der Waals surface area contributed by atoms with E-state index in [1.807, 2.05) is 21.9 Å². The average Bonchev–Trinajstić information content (AvgIpc) is 3.10. The van der Waals surface area contributed by atoms with Crippen LogP contribution in [-0.2, 0) is 11.8 Å². The van der Waals surface area contributed by atoms with Gasteiger partial charge in [0.25, 0.3) is 5.91 Å². The molecule has 5 rings (SSSR count). The number of rotatable bonds is 3. The fourth-order valence-electron chi connectivity index (χ4n) is 4.20. The second-order valence-corrected chi connectivity index (χ2v) is 7.82. The van der Waals surface area contributed by atoms with Gasteiger partial charge >= 0.3 is 5.69 Å². The first kappa shape index (κ1) is 19.6. The maximum atomic E-state index is 13.0. The Kier molecular flexibility index (Phi) is 4.85. The first-order chi connectivity index (χ1) is 15.0. The van der Waals surface area contributed by atoms with Gasteiger partial charge in [-0.15, -0.1) is 0 Å². The number of aryl methyl sites for hydroxylation is 1. The van der Waals surface area contributed by atoms with Crippen molar-refractivity contribution >= 4 is 23.1 Å². The number of pyridine rings is 2. The largest absolute Gasteiger partial charge is 0.488 e. The minimum atomic E-state index is -0.196. The van der Waals surface area contributed by atoms with Crippen LogP contribution < -0.4 is 15.3 Å². The summed E-state index contributed by atoms with van der Waals surface area (Å²) >= 11 is 0. The molecule has 1 fully saturated rings. The molecule has 0 aliphatic carbocycles. The molecule has 3 aromatic rings. The second kappa shape index (κ2) is 7.69. The highest BCUT2D eigenvalue weighted by Crippen LogP contribution is 2.35. The van der Waals surface area contributed by atoms with Gasteiger partial charge in [0.15, 0.2) is 17.2 Å². The van der Waals surface area contributed by atoms with Crippen LogP contribution >= 0.6 is 0 Å². The van der Waals surface area contributed by atoms with Gasteiger partial charge in [-0.1, -0.05) is 0 Å². The monoisotopic (exact) mass is 424 g/mol. The molecule has 31 heavy (non-hydrogen) atoms. The van der Waals surface area contributed by atoms with Crippen molar-refractivity contribution in [1.82, 2.24) is 24.1 Å². The van der Waals surface area contributed by atoms with E-state index in [0.29, 0.717) is 49.0 Å². The number of piperidine rings is 1. The second-order valence-electron chi connectivity index (χ2n) is 7.82. The molecule has 0 aromatic carbocycles. The fourth-order valence-corrected chi connectivity index (χ4v) is 4.20. The smallest absolute Gasteiger partial charge is 0.350 e. The van der Waals surface area contributed by atoms with Gasteiger partial charge in [0.2, 0.25) is 0 Å². The first-order valence-electron chi connectivity index (χ1n) is 10.3. The average molecular weight is 424 g/mol. The summed E-state index contributed by atoms with van der Waals surface area (Å²) in [6.07, 6.45) is 5.27. The first-order valence-corrected chi connectivity index (χ1v) is 10.3. The Bertz CT molecular complexity index is 1200. The number of likely N-dealkylation sites (tertiary alicyclic amines) is 1. The maximum absolute atomic E-state index is 13.0. The molecule has 0 unspecified atom stereocenters. The molecule has 0 radical (unpaired) electrons. The van der Waals surface area contributed by atoms with Crippen molar-refractivity contribution < 1.29 is 14.3 Å². The van der Waals surface area contributed by atoms with Crippen molar-refractivity contribution in [2.75, 3.05) is 38.3 Å². The van der Waals surface area contributed by atoms with Crippen LogP contribution in [-0.4, -0.2) is 69.4 Å². The van der Waals surface area contributed by atoms with Crippen molar-refractivity contribution in [3.05, 3.63) is 46.6 Å². The van der Waals surface area contributed by atoms with Gasteiger partial charge < -0.3 is 19.3 Å². The van der Waals surface area contributed by atoms with Gasteiger partial charge in [0, 0.05) is 51.4 Å². The lowest BCUT2D eigenvalue weighted by Crippen LogP contribution is -2.43. The van der Waals surface area contributed by atoms with Crippen molar-refractivity contribution in [2.24, 2.45) is 7.05 Å². The zero-order valence-electron chi connectivity index (χ0n) is 17.5. The third-order valence-electron chi connectivity index (χ3n) is 5.87. The van der Waals surface area contributed by atoms with Crippen LogP contribution in [0.15, 0.2) is 35.4 Å². The van der Waals surface area contributed by atoms with E-state index in [2.05, 4.69) is 10.1 Å². The number of carbonyl (C=O) groups is 1. The number of methoxy groups -OCH3 is 1. The van der Waals surface area contributed by atoms with Gasteiger partial charge in [-0.05, 0) is 25.0 Å². The van der Waals surface area contributed by atoms with Crippen LogP contribution in [0.4, 0.5) is 11.5 Å². The normalized spacial score (nSPS) is 18.7. The molecule has 0 saturated carbocycles. The summed E-state index contributed by atoms with van der Waals surface area (Å²) in [5, 5.41) is 4.25. The maximum Gasteiger partial charge on any atom is 0.350 e. The quantitative estimate of drug-likeness (QED) is 0.624. The fraction of sp³-hybridized carbons (Fsp3) is 0.429. The Balaban J connectivity index is 1.44. The number of carbonyl (C=O) groups excluding carboxylic acids is 1. The van der Waals surface area contributed by atoms with Crippen LogP contribution in [0.1, 0.15) is 23.2 Å². The molecule has 3 aromatic heterocycles. The Morgan fingerprint density at radius 1 is 1.29 bits per heavy atom. The van der Waals surface area contributed by atoms with Gasteiger partial charge in [-0.25, -0.2) is 14.5 Å². The summed E-state index contributed by atoms with van der Waals surface area (Å²) in [5.41, 5.74) is 1.72. The van der Waals surface area contributed by atoms with Crippen LogP contribution in [0.5, 0.6) is 5.75 Å². The molecule has 162 valence electrons. The minimum Gasteiger partial charge on any atom is -0.488 e. The Hall–Kier alpha value is -3.40. The molecule has 2 aliphatic rings. The molecule has 1 amide bonds. The molecule has 10 heteroatoms. The van der Waals surface area contributed by atoms with Crippen molar-refractivity contribution in [2.45, 2.75) is 18.9 Å². The highest BCUT2D eigenvalue weighted by molar-refractivity contribution is 5.95. The molecule has 1 atom stereocenters. The molecule has 0 bridgehead atoms. The number of hydrogen-bond donors (Lipinski definition) is 0. The van der Waals surface area contributed by atoms with Crippen molar-refractivity contribution in [3.8, 4) is 5.75 Å². The highest BCUT2D eigenvalue weighted by atomic mass is 16.5. The molecular formula is C21H24N6O4. The number of anilines is 2. The van der Waals surface area contributed by atoms with Crippen LogP contribution in [0.3, 0.4) is 0 Å². The lowest BCUT2D eigenvalue weighted by atomic mass is 10.1. The van der Waals surface area contributed by atoms with Crippen LogP contribution in [0.2, 0.25) is 0 Å². The lowest BCUT2D eigenvalue weighted by Gasteiger charge is -2.33. The van der Waals surface area contributed by atoms with Crippen LogP contribution in [0, 0.1) is 0 Å². The van der Waals surface area contributed by atoms with E-state index in [1.165, 1.54) is 9.08 Å². The summed E-state index contributed by atoms with van der Waals surface area (Å²) in [6.45, 7) is 2.36. The van der Waals surface area contributed by atoms with Crippen molar-refractivity contribution in [1.29, 1.82) is 0 Å². The number of hydrogen-bond acceptors (Lipinski definition) is 7. The summed E-state index contributed by atoms with van der Waals surface area (Å²) in [6, 6.07) is 5.46. The molecule has 2 aliphatic heterocycles. The van der Waals surface area contributed by atoms with E-state index in [9.17, 15) is 9.59 Å². The zero-order chi connectivity index (χ0) is 21.5.